The van der Waals surface area contributed by atoms with Gasteiger partial charge in [0.25, 0.3) is 10.0 Å². The van der Waals surface area contributed by atoms with Crippen LogP contribution in [-0.2, 0) is 40.2 Å². The maximum absolute atomic E-state index is 12.1. The molecule has 0 unspecified atom stereocenters. The minimum Gasteiger partial charge on any atom is -0.333 e. The van der Waals surface area contributed by atoms with E-state index in [0.29, 0.717) is 5.82 Å². The fraction of sp³-hybridized carbons (Fsp3) is 0.500. The van der Waals surface area contributed by atoms with E-state index >= 15 is 0 Å². The van der Waals surface area contributed by atoms with Gasteiger partial charge >= 0.3 is 0 Å². The van der Waals surface area contributed by atoms with Gasteiger partial charge in [0.1, 0.15) is 5.69 Å². The lowest BCUT2D eigenvalue weighted by atomic mass is 10.1. The third-order valence-electron chi connectivity index (χ3n) is 7.82. The minimum absolute atomic E-state index is 0.0173. The van der Waals surface area contributed by atoms with Gasteiger partial charge in [0.2, 0.25) is 0 Å². The number of rotatable bonds is 6. The SMILES string of the molecule is CC(C)(C)n1ccc(CN2CCNCC2)n1.CC(C)(C)n1ccc(NS(=O)(=O)c2ccccc2)n1.Cn1ccnc1-c1ccn(C(C)(C)C)n1. The third-order valence-corrected chi connectivity index (χ3v) is 9.19. The summed E-state index contributed by atoms with van der Waals surface area (Å²) >= 11 is 0. The van der Waals surface area contributed by atoms with E-state index in [1.54, 1.807) is 53.5 Å². The highest BCUT2D eigenvalue weighted by molar-refractivity contribution is 7.92. The number of aromatic nitrogens is 8. The molecule has 1 fully saturated rings. The molecule has 6 rings (SSSR count). The van der Waals surface area contributed by atoms with Gasteiger partial charge in [0.15, 0.2) is 11.6 Å². The van der Waals surface area contributed by atoms with Gasteiger partial charge in [0, 0.05) is 76.8 Å². The van der Waals surface area contributed by atoms with Gasteiger partial charge in [-0.15, -0.1) is 0 Å². The quantitative estimate of drug-likeness (QED) is 0.236. The lowest BCUT2D eigenvalue weighted by molar-refractivity contribution is 0.228. The second-order valence-corrected chi connectivity index (χ2v) is 17.0. The van der Waals surface area contributed by atoms with Crippen LogP contribution in [0.3, 0.4) is 0 Å². The van der Waals surface area contributed by atoms with Crippen LogP contribution in [0.15, 0.2) is 84.4 Å². The second-order valence-electron chi connectivity index (χ2n) is 15.4. The summed E-state index contributed by atoms with van der Waals surface area (Å²) in [6.45, 7) is 24.3. The van der Waals surface area contributed by atoms with Crippen LogP contribution in [0.5, 0.6) is 0 Å². The first kappa shape index (κ1) is 38.5. The molecule has 272 valence electrons. The van der Waals surface area contributed by atoms with E-state index in [4.69, 9.17) is 0 Å². The molecule has 2 N–H and O–H groups in total. The summed E-state index contributed by atoms with van der Waals surface area (Å²) in [4.78, 5) is 6.94. The summed E-state index contributed by atoms with van der Waals surface area (Å²) in [5, 5.41) is 16.7. The average molecular weight is 706 g/mol. The first-order valence-electron chi connectivity index (χ1n) is 17.0. The molecule has 14 heteroatoms. The molecule has 0 spiro atoms. The maximum atomic E-state index is 12.1. The van der Waals surface area contributed by atoms with Crippen molar-refractivity contribution >= 4 is 15.8 Å². The van der Waals surface area contributed by atoms with Crippen molar-refractivity contribution in [3.63, 3.8) is 0 Å². The van der Waals surface area contributed by atoms with Gasteiger partial charge in [-0.05, 0) is 86.6 Å². The summed E-state index contributed by atoms with van der Waals surface area (Å²) in [5.41, 5.74) is 2.01. The molecule has 5 heterocycles. The lowest BCUT2D eigenvalue weighted by Gasteiger charge is -2.26. The summed E-state index contributed by atoms with van der Waals surface area (Å²) in [5.74, 6) is 1.22. The van der Waals surface area contributed by atoms with Crippen LogP contribution in [0, 0.1) is 0 Å². The van der Waals surface area contributed by atoms with Crippen LogP contribution in [-0.4, -0.2) is 78.4 Å². The summed E-state index contributed by atoms with van der Waals surface area (Å²) in [6, 6.07) is 14.0. The molecule has 1 aliphatic rings. The highest BCUT2D eigenvalue weighted by Gasteiger charge is 2.19. The predicted octanol–water partition coefficient (Wildman–Crippen LogP) is 5.52. The number of hydrogen-bond acceptors (Lipinski definition) is 8. The fourth-order valence-electron chi connectivity index (χ4n) is 4.90. The molecular weight excluding hydrogens is 651 g/mol. The Morgan fingerprint density at radius 3 is 1.80 bits per heavy atom. The van der Waals surface area contributed by atoms with Crippen molar-refractivity contribution in [1.29, 1.82) is 0 Å². The van der Waals surface area contributed by atoms with Crippen LogP contribution in [0.2, 0.25) is 0 Å². The summed E-state index contributed by atoms with van der Waals surface area (Å²) in [7, 11) is -1.60. The highest BCUT2D eigenvalue weighted by atomic mass is 32.2. The van der Waals surface area contributed by atoms with Crippen LogP contribution < -0.4 is 10.0 Å². The maximum Gasteiger partial charge on any atom is 0.263 e. The number of sulfonamides is 1. The molecular formula is C36H55N11O2S. The fourth-order valence-corrected chi connectivity index (χ4v) is 5.91. The number of benzene rings is 1. The molecule has 1 aromatic carbocycles. The minimum atomic E-state index is -3.57. The number of anilines is 1. The molecule has 0 atom stereocenters. The van der Waals surface area contributed by atoms with Gasteiger partial charge < -0.3 is 9.88 Å². The van der Waals surface area contributed by atoms with Crippen molar-refractivity contribution in [2.45, 2.75) is 90.4 Å². The largest absolute Gasteiger partial charge is 0.333 e. The molecule has 0 bridgehead atoms. The van der Waals surface area contributed by atoms with E-state index in [-0.39, 0.29) is 21.5 Å². The Balaban J connectivity index is 0.000000170. The normalized spacial score (nSPS) is 14.4. The number of imidazole rings is 1. The summed E-state index contributed by atoms with van der Waals surface area (Å²) in [6.07, 6.45) is 9.53. The molecule has 0 radical (unpaired) electrons. The van der Waals surface area contributed by atoms with E-state index in [9.17, 15) is 8.42 Å². The zero-order valence-electron chi connectivity index (χ0n) is 31.3. The molecule has 0 aliphatic carbocycles. The third kappa shape index (κ3) is 10.9. The first-order chi connectivity index (χ1) is 23.3. The monoisotopic (exact) mass is 705 g/mol. The van der Waals surface area contributed by atoms with Crippen LogP contribution in [0.25, 0.3) is 11.5 Å². The zero-order chi connectivity index (χ0) is 36.7. The van der Waals surface area contributed by atoms with E-state index in [1.807, 2.05) is 60.2 Å². The summed E-state index contributed by atoms with van der Waals surface area (Å²) < 4.78 is 34.4. The Morgan fingerprint density at radius 2 is 1.28 bits per heavy atom. The Labute approximate surface area is 297 Å². The number of hydrogen-bond donors (Lipinski definition) is 2. The highest BCUT2D eigenvalue weighted by Crippen LogP contribution is 2.20. The lowest BCUT2D eigenvalue weighted by Crippen LogP contribution is -2.43. The zero-order valence-corrected chi connectivity index (χ0v) is 32.1. The first-order valence-corrected chi connectivity index (χ1v) is 18.5. The second kappa shape index (κ2) is 15.7. The number of nitrogens with one attached hydrogen (secondary N) is 2. The van der Waals surface area contributed by atoms with Gasteiger partial charge in [-0.2, -0.15) is 15.3 Å². The molecule has 4 aromatic heterocycles. The van der Waals surface area contributed by atoms with E-state index in [2.05, 4.69) is 89.0 Å². The van der Waals surface area contributed by atoms with Crippen molar-refractivity contribution in [3.05, 3.63) is 85.2 Å². The topological polar surface area (TPSA) is 133 Å². The standard InChI is InChI=1S/C13H17N3O2S.C12H22N4.C11H16N4/c1-13(2,3)16-10-9-12(14-16)15-19(17,18)11-7-5-4-6-8-11;1-12(2,3)16-7-4-11(14-16)10-15-8-5-13-6-9-15;1-11(2,3)15-7-5-9(13-15)10-12-6-8-14(10)4/h4-10H,1-3H3,(H,14,15);4,7,13H,5-6,8-10H2,1-3H3;5-8H,1-4H3. The van der Waals surface area contributed by atoms with Crippen molar-refractivity contribution in [2.75, 3.05) is 30.9 Å². The van der Waals surface area contributed by atoms with Crippen LogP contribution >= 0.6 is 0 Å². The van der Waals surface area contributed by atoms with E-state index in [1.165, 1.54) is 5.69 Å². The van der Waals surface area contributed by atoms with Gasteiger partial charge in [-0.1, -0.05) is 18.2 Å². The molecule has 13 nitrogen and oxygen atoms in total. The van der Waals surface area contributed by atoms with Gasteiger partial charge in [0.05, 0.1) is 27.2 Å². The molecule has 1 saturated heterocycles. The number of aryl methyl sites for hydroxylation is 1. The number of nitrogens with zero attached hydrogens (tertiary/aromatic N) is 9. The van der Waals surface area contributed by atoms with Gasteiger partial charge in [-0.3, -0.25) is 23.7 Å². The predicted molar refractivity (Wildman–Crippen MR) is 199 cm³/mol. The smallest absolute Gasteiger partial charge is 0.263 e. The van der Waals surface area contributed by atoms with Gasteiger partial charge in [-0.25, -0.2) is 13.4 Å². The molecule has 1 aliphatic heterocycles. The molecule has 0 saturated carbocycles. The van der Waals surface area contributed by atoms with Crippen molar-refractivity contribution in [2.24, 2.45) is 7.05 Å². The molecule has 5 aromatic rings. The molecule has 50 heavy (non-hydrogen) atoms. The Morgan fingerprint density at radius 1 is 0.720 bits per heavy atom. The van der Waals surface area contributed by atoms with E-state index in [0.717, 1.165) is 44.2 Å². The van der Waals surface area contributed by atoms with Crippen molar-refractivity contribution < 1.29 is 8.42 Å². The Bertz CT molecular complexity index is 1880. The van der Waals surface area contributed by atoms with Crippen LogP contribution in [0.1, 0.15) is 68.0 Å². The Kier molecular flexibility index (Phi) is 12.1. The average Bonchev–Trinajstić information content (AvgIpc) is 3.85. The molecule has 0 amide bonds. The van der Waals surface area contributed by atoms with Crippen molar-refractivity contribution in [1.82, 2.24) is 49.1 Å². The van der Waals surface area contributed by atoms with E-state index < -0.39 is 10.0 Å². The van der Waals surface area contributed by atoms with Crippen LogP contribution in [0.4, 0.5) is 5.82 Å². The van der Waals surface area contributed by atoms with Crippen molar-refractivity contribution in [3.8, 4) is 11.5 Å². The number of piperazine rings is 1. The Hall–Kier alpha value is -4.27.